The Kier molecular flexibility index (Phi) is 4.66. The highest BCUT2D eigenvalue weighted by Gasteiger charge is 2.35. The molecule has 0 spiro atoms. The Morgan fingerprint density at radius 2 is 1.96 bits per heavy atom. The first-order valence-corrected chi connectivity index (χ1v) is 8.67. The van der Waals surface area contributed by atoms with E-state index in [0.29, 0.717) is 29.5 Å². The second-order valence-electron chi connectivity index (χ2n) is 7.80. The zero-order valence-electron chi connectivity index (χ0n) is 15.4. The summed E-state index contributed by atoms with van der Waals surface area (Å²) in [6, 6.07) is 4.83. The minimum absolute atomic E-state index is 0.00642. The monoisotopic (exact) mass is 378 g/mol. The Morgan fingerprint density at radius 1 is 1.26 bits per heavy atom. The molecule has 1 amide bonds. The van der Waals surface area contributed by atoms with Crippen molar-refractivity contribution in [3.63, 3.8) is 0 Å². The maximum Gasteiger partial charge on any atom is 0.416 e. The van der Waals surface area contributed by atoms with Gasteiger partial charge in [0.05, 0.1) is 5.56 Å². The van der Waals surface area contributed by atoms with E-state index in [0.717, 1.165) is 17.8 Å². The van der Waals surface area contributed by atoms with Gasteiger partial charge in [-0.05, 0) is 42.0 Å². The maximum absolute atomic E-state index is 12.8. The summed E-state index contributed by atoms with van der Waals surface area (Å²) in [5, 5.41) is 2.63. The average molecular weight is 378 g/mol. The summed E-state index contributed by atoms with van der Waals surface area (Å²) in [7, 11) is 0. The van der Waals surface area contributed by atoms with Crippen molar-refractivity contribution in [3.05, 3.63) is 57.9 Å². The van der Waals surface area contributed by atoms with Crippen LogP contribution >= 0.6 is 0 Å². The molecular formula is C20H21F3N2O2. The van der Waals surface area contributed by atoms with E-state index in [1.165, 1.54) is 12.1 Å². The normalized spacial score (nSPS) is 16.1. The van der Waals surface area contributed by atoms with Crippen LogP contribution in [0.1, 0.15) is 63.5 Å². The molecule has 1 aliphatic carbocycles. The van der Waals surface area contributed by atoms with Crippen molar-refractivity contribution in [1.29, 1.82) is 0 Å². The van der Waals surface area contributed by atoms with Crippen LogP contribution < -0.4 is 5.32 Å². The molecule has 0 aliphatic heterocycles. The molecule has 1 heterocycles. The third-order valence-electron chi connectivity index (χ3n) is 4.84. The van der Waals surface area contributed by atoms with Crippen molar-refractivity contribution in [1.82, 2.24) is 10.3 Å². The quantitative estimate of drug-likeness (QED) is 0.830. The number of ketones is 1. The molecule has 0 saturated carbocycles. The van der Waals surface area contributed by atoms with E-state index >= 15 is 0 Å². The fourth-order valence-corrected chi connectivity index (χ4v) is 3.59. The van der Waals surface area contributed by atoms with Gasteiger partial charge in [-0.3, -0.25) is 9.59 Å². The van der Waals surface area contributed by atoms with Crippen LogP contribution in [0.2, 0.25) is 0 Å². The number of nitrogens with one attached hydrogen (secondary N) is 2. The first-order valence-electron chi connectivity index (χ1n) is 8.67. The lowest BCUT2D eigenvalue weighted by atomic mass is 9.75. The van der Waals surface area contributed by atoms with Crippen LogP contribution in [0.3, 0.4) is 0 Å². The summed E-state index contributed by atoms with van der Waals surface area (Å²) in [5.41, 5.74) is 1.62. The van der Waals surface area contributed by atoms with Crippen LogP contribution in [0.15, 0.2) is 24.3 Å². The molecule has 1 aromatic heterocycles. The molecule has 0 bridgehead atoms. The lowest BCUT2D eigenvalue weighted by Gasteiger charge is -2.28. The number of halogens is 3. The number of fused-ring (bicyclic) bond motifs is 1. The fourth-order valence-electron chi connectivity index (χ4n) is 3.59. The molecule has 0 atom stereocenters. The van der Waals surface area contributed by atoms with Gasteiger partial charge in [-0.2, -0.15) is 13.2 Å². The number of carbonyl (C=O) groups excluding carboxylic acids is 2. The highest BCUT2D eigenvalue weighted by atomic mass is 19.4. The van der Waals surface area contributed by atoms with Gasteiger partial charge in [0.15, 0.2) is 5.78 Å². The predicted molar refractivity (Wildman–Crippen MR) is 94.6 cm³/mol. The Morgan fingerprint density at radius 3 is 2.63 bits per heavy atom. The molecule has 0 unspecified atom stereocenters. The van der Waals surface area contributed by atoms with Gasteiger partial charge in [-0.1, -0.05) is 26.0 Å². The number of benzene rings is 1. The third-order valence-corrected chi connectivity index (χ3v) is 4.84. The van der Waals surface area contributed by atoms with E-state index in [4.69, 9.17) is 0 Å². The van der Waals surface area contributed by atoms with Crippen molar-refractivity contribution >= 4 is 11.7 Å². The molecule has 0 radical (unpaired) electrons. The smallest absolute Gasteiger partial charge is 0.354 e. The summed E-state index contributed by atoms with van der Waals surface area (Å²) in [5.74, 6) is -0.433. The number of aromatic nitrogens is 1. The van der Waals surface area contributed by atoms with E-state index in [1.807, 2.05) is 13.8 Å². The summed E-state index contributed by atoms with van der Waals surface area (Å²) in [4.78, 5) is 28.0. The molecule has 0 fully saturated rings. The number of amides is 1. The number of aromatic amines is 1. The molecular weight excluding hydrogens is 357 g/mol. The molecule has 1 aromatic carbocycles. The second-order valence-corrected chi connectivity index (χ2v) is 7.80. The van der Waals surface area contributed by atoms with Gasteiger partial charge in [0, 0.05) is 24.2 Å². The highest BCUT2D eigenvalue weighted by Crippen LogP contribution is 2.36. The van der Waals surface area contributed by atoms with Gasteiger partial charge in [0.1, 0.15) is 5.69 Å². The van der Waals surface area contributed by atoms with Gasteiger partial charge < -0.3 is 10.3 Å². The van der Waals surface area contributed by atoms with Crippen LogP contribution in [0, 0.1) is 12.3 Å². The van der Waals surface area contributed by atoms with Crippen LogP contribution in [-0.4, -0.2) is 16.7 Å². The summed E-state index contributed by atoms with van der Waals surface area (Å²) in [6.07, 6.45) is -3.35. The topological polar surface area (TPSA) is 62.0 Å². The molecule has 7 heteroatoms. The molecule has 2 aromatic rings. The lowest BCUT2D eigenvalue weighted by Crippen LogP contribution is -2.26. The molecule has 0 saturated heterocycles. The molecule has 4 nitrogen and oxygen atoms in total. The van der Waals surface area contributed by atoms with Gasteiger partial charge in [0.2, 0.25) is 0 Å². The Labute approximate surface area is 155 Å². The minimum atomic E-state index is -4.43. The van der Waals surface area contributed by atoms with E-state index < -0.39 is 17.6 Å². The summed E-state index contributed by atoms with van der Waals surface area (Å²) in [6.45, 7) is 5.67. The number of hydrogen-bond donors (Lipinski definition) is 2. The molecule has 1 aliphatic rings. The number of alkyl halides is 3. The number of carbonyl (C=O) groups is 2. The first kappa shape index (κ1) is 19.2. The van der Waals surface area contributed by atoms with E-state index in [-0.39, 0.29) is 23.4 Å². The number of rotatable bonds is 3. The van der Waals surface area contributed by atoms with Gasteiger partial charge in [-0.25, -0.2) is 0 Å². The van der Waals surface area contributed by atoms with E-state index in [2.05, 4.69) is 10.3 Å². The van der Waals surface area contributed by atoms with Gasteiger partial charge >= 0.3 is 6.18 Å². The Hall–Kier alpha value is -2.57. The van der Waals surface area contributed by atoms with E-state index in [1.54, 1.807) is 6.92 Å². The Bertz CT molecular complexity index is 910. The van der Waals surface area contributed by atoms with Gasteiger partial charge in [-0.15, -0.1) is 0 Å². The number of hydrogen-bond acceptors (Lipinski definition) is 2. The van der Waals surface area contributed by atoms with Crippen LogP contribution in [0.25, 0.3) is 0 Å². The van der Waals surface area contributed by atoms with Gasteiger partial charge in [0.25, 0.3) is 5.91 Å². The van der Waals surface area contributed by atoms with Crippen LogP contribution in [-0.2, 0) is 19.1 Å². The summed E-state index contributed by atoms with van der Waals surface area (Å²) >= 11 is 0. The lowest BCUT2D eigenvalue weighted by molar-refractivity contribution is -0.137. The largest absolute Gasteiger partial charge is 0.416 e. The van der Waals surface area contributed by atoms with Crippen molar-refractivity contribution in [3.8, 4) is 0 Å². The van der Waals surface area contributed by atoms with Crippen molar-refractivity contribution in [2.75, 3.05) is 0 Å². The third kappa shape index (κ3) is 3.91. The molecule has 2 N–H and O–H groups in total. The highest BCUT2D eigenvalue weighted by molar-refractivity contribution is 6.04. The minimum Gasteiger partial charge on any atom is -0.354 e. The van der Waals surface area contributed by atoms with E-state index in [9.17, 15) is 22.8 Å². The average Bonchev–Trinajstić information content (AvgIpc) is 2.87. The van der Waals surface area contributed by atoms with Crippen molar-refractivity contribution < 1.29 is 22.8 Å². The number of Topliss-reactive ketones (excluding diaryl/α,β-unsaturated/α-hetero) is 1. The molecule has 27 heavy (non-hydrogen) atoms. The Balaban J connectivity index is 1.78. The van der Waals surface area contributed by atoms with Crippen LogP contribution in [0.4, 0.5) is 13.2 Å². The zero-order chi connectivity index (χ0) is 20.0. The number of H-pyrrole nitrogens is 1. The maximum atomic E-state index is 12.8. The predicted octanol–water partition coefficient (Wildman–Crippen LogP) is 4.43. The van der Waals surface area contributed by atoms with Crippen molar-refractivity contribution in [2.45, 2.75) is 46.3 Å². The standard InChI is InChI=1S/C20H21F3N2O2/c1-11-16-14(8-19(2,3)9-15(16)26)25-17(11)18(27)24-10-12-5-4-6-13(7-12)20(21,22)23/h4-7,25H,8-10H2,1-3H3,(H,24,27). The van der Waals surface area contributed by atoms with Crippen LogP contribution in [0.5, 0.6) is 0 Å². The summed E-state index contributed by atoms with van der Waals surface area (Å²) < 4.78 is 38.4. The fraction of sp³-hybridized carbons (Fsp3) is 0.400. The second kappa shape index (κ2) is 6.55. The van der Waals surface area contributed by atoms with Crippen molar-refractivity contribution in [2.24, 2.45) is 5.41 Å². The molecule has 144 valence electrons. The zero-order valence-corrected chi connectivity index (χ0v) is 15.4. The first-order chi connectivity index (χ1) is 12.5. The molecule has 3 rings (SSSR count). The SMILES string of the molecule is Cc1c(C(=O)NCc2cccc(C(F)(F)F)c2)[nH]c2c1C(=O)CC(C)(C)C2.